The van der Waals surface area contributed by atoms with E-state index in [-0.39, 0.29) is 17.1 Å². The van der Waals surface area contributed by atoms with Crippen molar-refractivity contribution < 1.29 is 31.9 Å². The summed E-state index contributed by atoms with van der Waals surface area (Å²) in [5.41, 5.74) is 4.53. The van der Waals surface area contributed by atoms with Gasteiger partial charge in [0, 0.05) is 5.69 Å². The zero-order valence-corrected chi connectivity index (χ0v) is 17.4. The normalized spacial score (nSPS) is 11.0. The molecule has 3 N–H and O–H groups in total. The molecule has 2 amide bonds. The third-order valence-corrected chi connectivity index (χ3v) is 5.48. The highest BCUT2D eigenvalue weighted by Gasteiger charge is 2.30. The number of amides is 2. The maximum atomic E-state index is 13.5. The fraction of sp³-hybridized carbons (Fsp3) is 0.111. The first-order valence-electron chi connectivity index (χ1n) is 8.62. The molecule has 0 saturated carbocycles. The second kappa shape index (κ2) is 10.3. The van der Waals surface area contributed by atoms with Crippen LogP contribution in [-0.2, 0) is 4.79 Å². The number of thioether (sulfide) groups is 1. The number of halogens is 4. The molecule has 2 aromatic carbocycles. The summed E-state index contributed by atoms with van der Waals surface area (Å²) in [6.45, 7) is 0. The molecule has 0 aliphatic rings. The van der Waals surface area contributed by atoms with E-state index < -0.39 is 24.0 Å². The minimum atomic E-state index is -4.77. The number of rotatable bonds is 7. The van der Waals surface area contributed by atoms with Crippen LogP contribution in [0.4, 0.5) is 28.4 Å². The zero-order chi connectivity index (χ0) is 23.1. The maximum Gasteiger partial charge on any atom is 0.573 e. The van der Waals surface area contributed by atoms with Crippen molar-refractivity contribution in [3.8, 4) is 5.75 Å². The number of ether oxygens (including phenoxy) is 1. The van der Waals surface area contributed by atoms with E-state index in [0.29, 0.717) is 15.2 Å². The Kier molecular flexibility index (Phi) is 7.48. The van der Waals surface area contributed by atoms with Crippen molar-refractivity contribution in [3.63, 3.8) is 0 Å². The number of nitrogens with one attached hydrogen (secondary N) is 3. The molecule has 0 spiro atoms. The summed E-state index contributed by atoms with van der Waals surface area (Å²) < 4.78 is 54.3. The lowest BCUT2D eigenvalue weighted by Crippen LogP contribution is -2.42. The number of anilines is 2. The predicted molar refractivity (Wildman–Crippen MR) is 109 cm³/mol. The first kappa shape index (κ1) is 23.3. The number of hydrogen-bond donors (Lipinski definition) is 3. The Balaban J connectivity index is 1.44. The number of hydrogen-bond acceptors (Lipinski definition) is 8. The lowest BCUT2D eigenvalue weighted by molar-refractivity contribution is -0.274. The van der Waals surface area contributed by atoms with Crippen LogP contribution in [0.2, 0.25) is 0 Å². The molecular formula is C18H13F4N5O3S2. The Labute approximate surface area is 186 Å². The lowest BCUT2D eigenvalue weighted by Gasteiger charge is -2.09. The molecule has 0 aliphatic carbocycles. The van der Waals surface area contributed by atoms with Crippen molar-refractivity contribution in [1.29, 1.82) is 0 Å². The molecule has 3 aromatic rings. The van der Waals surface area contributed by atoms with Crippen LogP contribution in [0.15, 0.2) is 52.9 Å². The Morgan fingerprint density at radius 3 is 2.44 bits per heavy atom. The van der Waals surface area contributed by atoms with Crippen molar-refractivity contribution in [3.05, 3.63) is 59.9 Å². The van der Waals surface area contributed by atoms with Crippen molar-refractivity contribution in [2.75, 3.05) is 11.1 Å². The minimum Gasteiger partial charge on any atom is -0.406 e. The molecule has 0 aliphatic heterocycles. The van der Waals surface area contributed by atoms with E-state index in [9.17, 15) is 27.2 Å². The molecule has 0 saturated heterocycles. The summed E-state index contributed by atoms with van der Waals surface area (Å²) in [6.07, 6.45) is -4.77. The number of nitrogens with zero attached hydrogens (tertiary/aromatic N) is 2. The van der Waals surface area contributed by atoms with E-state index in [1.54, 1.807) is 0 Å². The van der Waals surface area contributed by atoms with Crippen LogP contribution in [0.5, 0.6) is 5.75 Å². The van der Waals surface area contributed by atoms with E-state index in [0.717, 1.165) is 41.3 Å². The zero-order valence-electron chi connectivity index (χ0n) is 15.8. The Morgan fingerprint density at radius 1 is 1.03 bits per heavy atom. The van der Waals surface area contributed by atoms with Gasteiger partial charge in [-0.25, -0.2) is 4.39 Å². The van der Waals surface area contributed by atoms with Gasteiger partial charge in [-0.05, 0) is 36.4 Å². The van der Waals surface area contributed by atoms with Gasteiger partial charge in [0.2, 0.25) is 11.0 Å². The highest BCUT2D eigenvalue weighted by atomic mass is 32.2. The predicted octanol–water partition coefficient (Wildman–Crippen LogP) is 3.87. The summed E-state index contributed by atoms with van der Waals surface area (Å²) in [4.78, 5) is 23.7. The summed E-state index contributed by atoms with van der Waals surface area (Å²) in [5.74, 6) is -2.52. The number of carbonyl (C=O) groups excluding carboxylic acids is 2. The Bertz CT molecular complexity index is 1090. The molecule has 168 valence electrons. The molecule has 32 heavy (non-hydrogen) atoms. The molecule has 0 bridgehead atoms. The average Bonchev–Trinajstić information content (AvgIpc) is 3.18. The number of carbonyl (C=O) groups is 2. The van der Waals surface area contributed by atoms with Crippen LogP contribution in [-0.4, -0.2) is 34.1 Å². The fourth-order valence-electron chi connectivity index (χ4n) is 2.18. The molecular weight excluding hydrogens is 474 g/mol. The van der Waals surface area contributed by atoms with E-state index in [4.69, 9.17) is 0 Å². The summed E-state index contributed by atoms with van der Waals surface area (Å²) in [6, 6.07) is 10.4. The van der Waals surface area contributed by atoms with Gasteiger partial charge in [-0.3, -0.25) is 20.4 Å². The maximum absolute atomic E-state index is 13.5. The van der Waals surface area contributed by atoms with E-state index in [1.165, 1.54) is 30.3 Å². The second-order valence-corrected chi connectivity index (χ2v) is 8.04. The quantitative estimate of drug-likeness (QED) is 0.264. The van der Waals surface area contributed by atoms with Crippen LogP contribution in [0, 0.1) is 5.82 Å². The lowest BCUT2D eigenvalue weighted by atomic mass is 10.2. The van der Waals surface area contributed by atoms with Crippen LogP contribution in [0.25, 0.3) is 0 Å². The van der Waals surface area contributed by atoms with Gasteiger partial charge in [0.1, 0.15) is 11.6 Å². The Hall–Kier alpha value is -3.39. The number of alkyl halides is 3. The third-order valence-electron chi connectivity index (χ3n) is 3.51. The SMILES string of the molecule is O=C(CSc1nnc(Nc2ccc(OC(F)(F)F)cc2)s1)NNC(=O)c1ccccc1F. The molecule has 0 radical (unpaired) electrons. The minimum absolute atomic E-state index is 0.102. The van der Waals surface area contributed by atoms with Crippen molar-refractivity contribution in [2.24, 2.45) is 0 Å². The van der Waals surface area contributed by atoms with Gasteiger partial charge in [0.25, 0.3) is 5.91 Å². The van der Waals surface area contributed by atoms with Gasteiger partial charge < -0.3 is 10.1 Å². The number of aromatic nitrogens is 2. The number of hydrazine groups is 1. The summed E-state index contributed by atoms with van der Waals surface area (Å²) in [5, 5.41) is 11.0. The van der Waals surface area contributed by atoms with Crippen molar-refractivity contribution >= 4 is 45.7 Å². The van der Waals surface area contributed by atoms with E-state index >= 15 is 0 Å². The van der Waals surface area contributed by atoms with Crippen LogP contribution in [0.3, 0.4) is 0 Å². The smallest absolute Gasteiger partial charge is 0.406 e. The monoisotopic (exact) mass is 487 g/mol. The van der Waals surface area contributed by atoms with Gasteiger partial charge in [-0.2, -0.15) is 0 Å². The number of benzene rings is 2. The average molecular weight is 487 g/mol. The molecule has 0 fully saturated rings. The molecule has 8 nitrogen and oxygen atoms in total. The van der Waals surface area contributed by atoms with Crippen molar-refractivity contribution in [1.82, 2.24) is 21.0 Å². The topological polar surface area (TPSA) is 105 Å². The third kappa shape index (κ3) is 7.09. The molecule has 1 heterocycles. The van der Waals surface area contributed by atoms with Crippen LogP contribution >= 0.6 is 23.1 Å². The molecule has 0 atom stereocenters. The van der Waals surface area contributed by atoms with Crippen LogP contribution in [0.1, 0.15) is 10.4 Å². The van der Waals surface area contributed by atoms with Gasteiger partial charge in [-0.15, -0.1) is 23.4 Å². The van der Waals surface area contributed by atoms with Gasteiger partial charge >= 0.3 is 6.36 Å². The first-order valence-corrected chi connectivity index (χ1v) is 10.4. The highest BCUT2D eigenvalue weighted by molar-refractivity contribution is 8.01. The van der Waals surface area contributed by atoms with E-state index in [2.05, 4.69) is 31.1 Å². The first-order chi connectivity index (χ1) is 15.2. The second-order valence-electron chi connectivity index (χ2n) is 5.84. The molecule has 1 aromatic heterocycles. The van der Waals surface area contributed by atoms with Gasteiger partial charge in [0.05, 0.1) is 11.3 Å². The van der Waals surface area contributed by atoms with Gasteiger partial charge in [0.15, 0.2) is 4.34 Å². The largest absolute Gasteiger partial charge is 0.573 e. The summed E-state index contributed by atoms with van der Waals surface area (Å²) >= 11 is 2.15. The molecule has 3 rings (SSSR count). The molecule has 0 unspecified atom stereocenters. The summed E-state index contributed by atoms with van der Waals surface area (Å²) in [7, 11) is 0. The van der Waals surface area contributed by atoms with Gasteiger partial charge in [-0.1, -0.05) is 35.2 Å². The van der Waals surface area contributed by atoms with Crippen molar-refractivity contribution in [2.45, 2.75) is 10.7 Å². The van der Waals surface area contributed by atoms with Crippen LogP contribution < -0.4 is 20.9 Å². The molecule has 14 heteroatoms. The fourth-order valence-corrected chi connectivity index (χ4v) is 3.76. The highest BCUT2D eigenvalue weighted by Crippen LogP contribution is 2.29. The standard InChI is InChI=1S/C18H13F4N5O3S2/c19-13-4-2-1-3-12(13)15(29)25-24-14(28)9-31-17-27-26-16(32-17)23-10-5-7-11(8-6-10)30-18(20,21)22/h1-8H,9H2,(H,23,26)(H,24,28)(H,25,29). The Morgan fingerprint density at radius 2 is 1.75 bits per heavy atom. The van der Waals surface area contributed by atoms with E-state index in [1.807, 2.05) is 0 Å².